The molecule has 8 heteroatoms. The highest BCUT2D eigenvalue weighted by atomic mass is 32.2. The van der Waals surface area contributed by atoms with Gasteiger partial charge in [-0.25, -0.2) is 0 Å². The van der Waals surface area contributed by atoms with Gasteiger partial charge < -0.3 is 10.2 Å². The van der Waals surface area contributed by atoms with Crippen molar-refractivity contribution in [1.29, 1.82) is 0 Å². The molecule has 0 bridgehead atoms. The fraction of sp³-hybridized carbons (Fsp3) is 0.520. The molecule has 4 rings (SSSR count). The van der Waals surface area contributed by atoms with Crippen molar-refractivity contribution >= 4 is 23.1 Å². The molecule has 0 amide bonds. The molecule has 33 heavy (non-hydrogen) atoms. The Bertz CT molecular complexity index is 991. The highest BCUT2D eigenvalue weighted by Crippen LogP contribution is 2.49. The predicted octanol–water partition coefficient (Wildman–Crippen LogP) is 6.65. The van der Waals surface area contributed by atoms with E-state index >= 15 is 0 Å². The molecule has 2 aromatic carbocycles. The molecular formula is C25H31F3N3OS. The minimum absolute atomic E-state index is 0.230. The number of hydrogen-bond donors (Lipinski definition) is 1. The lowest BCUT2D eigenvalue weighted by Crippen LogP contribution is -2.61. The number of benzene rings is 2. The molecule has 0 saturated carbocycles. The van der Waals surface area contributed by atoms with Crippen LogP contribution in [-0.2, 0) is 11.4 Å². The van der Waals surface area contributed by atoms with Crippen molar-refractivity contribution in [2.45, 2.75) is 80.0 Å². The monoisotopic (exact) mass is 478 g/mol. The van der Waals surface area contributed by atoms with E-state index in [0.29, 0.717) is 12.2 Å². The summed E-state index contributed by atoms with van der Waals surface area (Å²) in [4.78, 5) is 3.89. The number of halogens is 3. The van der Waals surface area contributed by atoms with E-state index in [1.807, 2.05) is 56.9 Å². The predicted molar refractivity (Wildman–Crippen MR) is 125 cm³/mol. The maximum atomic E-state index is 13.4. The molecular weight excluding hydrogens is 447 g/mol. The van der Waals surface area contributed by atoms with Gasteiger partial charge in [0, 0.05) is 33.5 Å². The first-order chi connectivity index (χ1) is 15.4. The zero-order valence-corrected chi connectivity index (χ0v) is 20.3. The van der Waals surface area contributed by atoms with Crippen LogP contribution >= 0.6 is 11.8 Å². The summed E-state index contributed by atoms with van der Waals surface area (Å²) in [6.45, 7) is 9.25. The summed E-state index contributed by atoms with van der Waals surface area (Å²) in [5.41, 5.74) is 0.0509. The van der Waals surface area contributed by atoms with E-state index in [-0.39, 0.29) is 6.04 Å². The van der Waals surface area contributed by atoms with Crippen molar-refractivity contribution in [2.75, 3.05) is 18.0 Å². The van der Waals surface area contributed by atoms with Gasteiger partial charge in [-0.05, 0) is 83.8 Å². The number of alkyl halides is 3. The lowest BCUT2D eigenvalue weighted by atomic mass is 9.79. The quantitative estimate of drug-likeness (QED) is 0.488. The summed E-state index contributed by atoms with van der Waals surface area (Å²) in [7, 11) is 0. The molecule has 2 heterocycles. The van der Waals surface area contributed by atoms with Crippen LogP contribution in [0, 0.1) is 0 Å². The minimum Gasteiger partial charge on any atom is -0.340 e. The number of nitrogens with one attached hydrogen (secondary N) is 1. The Morgan fingerprint density at radius 2 is 1.64 bits per heavy atom. The molecule has 1 radical (unpaired) electrons. The Hall–Kier alpha value is -1.74. The van der Waals surface area contributed by atoms with Gasteiger partial charge in [-0.1, -0.05) is 23.9 Å². The van der Waals surface area contributed by atoms with E-state index in [1.165, 1.54) is 22.9 Å². The molecule has 179 valence electrons. The molecule has 0 aromatic heterocycles. The molecule has 4 nitrogen and oxygen atoms in total. The number of hydroxylamine groups is 2. The highest BCUT2D eigenvalue weighted by molar-refractivity contribution is 7.99. The third-order valence-electron chi connectivity index (χ3n) is 6.54. The SMILES string of the molecule is CC1(C)CC(NCCCN2c3ccccc3Sc3ccc(C(F)(F)F)cc32)CC(C)(C)N1[O]. The number of nitrogens with zero attached hydrogens (tertiary/aromatic N) is 2. The van der Waals surface area contributed by atoms with Crippen LogP contribution in [0.1, 0.15) is 52.5 Å². The molecule has 2 aromatic rings. The number of anilines is 2. The van der Waals surface area contributed by atoms with Gasteiger partial charge in [0.1, 0.15) is 0 Å². The maximum absolute atomic E-state index is 13.4. The second-order valence-corrected chi connectivity index (χ2v) is 11.3. The first-order valence-electron chi connectivity index (χ1n) is 11.3. The van der Waals surface area contributed by atoms with Gasteiger partial charge in [0.2, 0.25) is 0 Å². The van der Waals surface area contributed by atoms with E-state index in [2.05, 4.69) is 5.32 Å². The fourth-order valence-corrected chi connectivity index (χ4v) is 6.27. The average molecular weight is 479 g/mol. The number of piperidine rings is 1. The Morgan fingerprint density at radius 1 is 1.00 bits per heavy atom. The Balaban J connectivity index is 1.47. The molecule has 1 N–H and O–H groups in total. The van der Waals surface area contributed by atoms with Gasteiger partial charge in [-0.3, -0.25) is 0 Å². The Labute approximate surface area is 198 Å². The maximum Gasteiger partial charge on any atom is 0.416 e. The molecule has 1 saturated heterocycles. The van der Waals surface area contributed by atoms with Crippen LogP contribution in [0.2, 0.25) is 0 Å². The van der Waals surface area contributed by atoms with Crippen molar-refractivity contribution in [2.24, 2.45) is 0 Å². The van der Waals surface area contributed by atoms with Crippen LogP contribution in [-0.4, -0.2) is 35.3 Å². The van der Waals surface area contributed by atoms with Crippen LogP contribution in [0.4, 0.5) is 24.5 Å². The summed E-state index contributed by atoms with van der Waals surface area (Å²) in [5, 5.41) is 17.4. The van der Waals surface area contributed by atoms with E-state index in [1.54, 1.807) is 6.07 Å². The van der Waals surface area contributed by atoms with Gasteiger partial charge in [0.15, 0.2) is 0 Å². The molecule has 2 aliphatic heterocycles. The summed E-state index contributed by atoms with van der Waals surface area (Å²) >= 11 is 1.51. The second kappa shape index (κ2) is 8.80. The Kier molecular flexibility index (Phi) is 6.50. The molecule has 0 spiro atoms. The van der Waals surface area contributed by atoms with Crippen LogP contribution in [0.25, 0.3) is 0 Å². The molecule has 0 aliphatic carbocycles. The lowest BCUT2D eigenvalue weighted by molar-refractivity contribution is -0.290. The zero-order valence-electron chi connectivity index (χ0n) is 19.5. The first-order valence-corrected chi connectivity index (χ1v) is 12.2. The van der Waals surface area contributed by atoms with Crippen LogP contribution in [0.5, 0.6) is 0 Å². The first kappa shape index (κ1) is 24.4. The van der Waals surface area contributed by atoms with Crippen molar-refractivity contribution in [3.8, 4) is 0 Å². The fourth-order valence-electron chi connectivity index (χ4n) is 5.20. The van der Waals surface area contributed by atoms with Crippen molar-refractivity contribution in [1.82, 2.24) is 10.4 Å². The van der Waals surface area contributed by atoms with Gasteiger partial charge in [-0.15, -0.1) is 10.3 Å². The number of fused-ring (bicyclic) bond motifs is 2. The second-order valence-electron chi connectivity index (χ2n) is 10.2. The van der Waals surface area contributed by atoms with E-state index in [4.69, 9.17) is 0 Å². The van der Waals surface area contributed by atoms with Crippen molar-refractivity contribution in [3.63, 3.8) is 0 Å². The standard InChI is InChI=1S/C25H31F3N3OS/c1-23(2)15-18(16-24(3,4)31(23)32)29-12-7-13-30-19-8-5-6-9-21(19)33-22-11-10-17(14-20(22)30)25(26,27)28/h5-6,8-11,14,18,29H,7,12-13,15-16H2,1-4H3. The summed E-state index contributed by atoms with van der Waals surface area (Å²) in [6, 6.07) is 12.1. The molecule has 2 aliphatic rings. The third kappa shape index (κ3) is 5.04. The van der Waals surface area contributed by atoms with Crippen molar-refractivity contribution < 1.29 is 18.4 Å². The van der Waals surface area contributed by atoms with Gasteiger partial charge in [-0.2, -0.15) is 13.2 Å². The van der Waals surface area contributed by atoms with Gasteiger partial charge >= 0.3 is 6.18 Å². The molecule has 1 fully saturated rings. The van der Waals surface area contributed by atoms with Crippen LogP contribution in [0.3, 0.4) is 0 Å². The summed E-state index contributed by atoms with van der Waals surface area (Å²) in [5.74, 6) is 0. The van der Waals surface area contributed by atoms with Gasteiger partial charge in [0.05, 0.1) is 16.9 Å². The largest absolute Gasteiger partial charge is 0.416 e. The van der Waals surface area contributed by atoms with E-state index in [9.17, 15) is 18.4 Å². The normalized spacial score (nSPS) is 20.4. The zero-order chi connectivity index (χ0) is 24.0. The topological polar surface area (TPSA) is 38.4 Å². The Morgan fingerprint density at radius 3 is 2.30 bits per heavy atom. The smallest absolute Gasteiger partial charge is 0.340 e. The van der Waals surface area contributed by atoms with Gasteiger partial charge in [0.25, 0.3) is 0 Å². The van der Waals surface area contributed by atoms with Crippen LogP contribution in [0.15, 0.2) is 52.3 Å². The minimum atomic E-state index is -4.38. The van der Waals surface area contributed by atoms with E-state index < -0.39 is 22.8 Å². The lowest BCUT2D eigenvalue weighted by Gasteiger charge is -2.50. The molecule has 0 unspecified atom stereocenters. The highest BCUT2D eigenvalue weighted by Gasteiger charge is 2.45. The number of para-hydroxylation sites is 1. The number of rotatable bonds is 5. The van der Waals surface area contributed by atoms with Crippen molar-refractivity contribution in [3.05, 3.63) is 48.0 Å². The van der Waals surface area contributed by atoms with Crippen LogP contribution < -0.4 is 10.2 Å². The number of hydrogen-bond acceptors (Lipinski definition) is 4. The average Bonchev–Trinajstić information content (AvgIpc) is 2.73. The summed E-state index contributed by atoms with van der Waals surface area (Å²) < 4.78 is 40.2. The summed E-state index contributed by atoms with van der Waals surface area (Å²) in [6.07, 6.45) is -2.07. The molecule has 0 atom stereocenters. The van der Waals surface area contributed by atoms with E-state index in [0.717, 1.165) is 47.4 Å². The third-order valence-corrected chi connectivity index (χ3v) is 7.67.